The second-order valence-corrected chi connectivity index (χ2v) is 8.74. The topological polar surface area (TPSA) is 84.9 Å². The molecule has 0 radical (unpaired) electrons. The molecule has 1 saturated heterocycles. The lowest BCUT2D eigenvalue weighted by Gasteiger charge is -2.26. The third kappa shape index (κ3) is 5.35. The predicted octanol–water partition coefficient (Wildman–Crippen LogP) is 2.60. The van der Waals surface area contributed by atoms with Gasteiger partial charge in [0.1, 0.15) is 5.75 Å². The first-order valence-electron chi connectivity index (χ1n) is 9.60. The molecule has 1 amide bonds. The Morgan fingerprint density at radius 1 is 1.14 bits per heavy atom. The van der Waals surface area contributed by atoms with Crippen molar-refractivity contribution in [3.05, 3.63) is 53.6 Å². The first kappa shape index (κ1) is 21.3. The summed E-state index contributed by atoms with van der Waals surface area (Å²) < 4.78 is 38.0. The van der Waals surface area contributed by atoms with E-state index in [0.29, 0.717) is 43.3 Å². The number of benzene rings is 2. The SMILES string of the molecule is CCc1ccc(OCC(=O)Nc2ccc(C)c(S(=O)(=O)N3CCOCC3)c2)cc1. The van der Waals surface area contributed by atoms with E-state index in [9.17, 15) is 13.2 Å². The maximum absolute atomic E-state index is 12.9. The Balaban J connectivity index is 1.66. The number of carbonyl (C=O) groups is 1. The second kappa shape index (κ2) is 9.39. The summed E-state index contributed by atoms with van der Waals surface area (Å²) in [5, 5.41) is 2.71. The van der Waals surface area contributed by atoms with Crippen molar-refractivity contribution in [2.45, 2.75) is 25.2 Å². The van der Waals surface area contributed by atoms with Crippen molar-refractivity contribution in [1.82, 2.24) is 4.31 Å². The fourth-order valence-corrected chi connectivity index (χ4v) is 4.71. The van der Waals surface area contributed by atoms with Crippen LogP contribution in [0, 0.1) is 6.92 Å². The summed E-state index contributed by atoms with van der Waals surface area (Å²) >= 11 is 0. The summed E-state index contributed by atoms with van der Waals surface area (Å²) in [7, 11) is -3.64. The Morgan fingerprint density at radius 2 is 1.83 bits per heavy atom. The number of hydrogen-bond acceptors (Lipinski definition) is 5. The minimum Gasteiger partial charge on any atom is -0.484 e. The van der Waals surface area contributed by atoms with Crippen LogP contribution >= 0.6 is 0 Å². The highest BCUT2D eigenvalue weighted by Crippen LogP contribution is 2.24. The summed E-state index contributed by atoms with van der Waals surface area (Å²) in [6.45, 7) is 5.05. The van der Waals surface area contributed by atoms with Crippen molar-refractivity contribution < 1.29 is 22.7 Å². The number of amides is 1. The van der Waals surface area contributed by atoms with E-state index in [1.165, 1.54) is 15.9 Å². The van der Waals surface area contributed by atoms with Crippen LogP contribution in [0.15, 0.2) is 47.4 Å². The highest BCUT2D eigenvalue weighted by molar-refractivity contribution is 7.89. The molecule has 1 fully saturated rings. The lowest BCUT2D eigenvalue weighted by molar-refractivity contribution is -0.118. The first-order valence-corrected chi connectivity index (χ1v) is 11.0. The van der Waals surface area contributed by atoms with Gasteiger partial charge in [-0.2, -0.15) is 4.31 Å². The van der Waals surface area contributed by atoms with Crippen molar-refractivity contribution in [3.63, 3.8) is 0 Å². The number of rotatable bonds is 7. The summed E-state index contributed by atoms with van der Waals surface area (Å²) in [6, 6.07) is 12.4. The summed E-state index contributed by atoms with van der Waals surface area (Å²) in [5.74, 6) is 0.250. The third-order valence-electron chi connectivity index (χ3n) is 4.76. The molecule has 1 aliphatic heterocycles. The Bertz CT molecular complexity index is 952. The third-order valence-corrected chi connectivity index (χ3v) is 6.80. The molecule has 0 spiro atoms. The van der Waals surface area contributed by atoms with Gasteiger partial charge in [-0.1, -0.05) is 25.1 Å². The normalized spacial score (nSPS) is 15.1. The van der Waals surface area contributed by atoms with E-state index >= 15 is 0 Å². The molecule has 1 N–H and O–H groups in total. The number of nitrogens with zero attached hydrogens (tertiary/aromatic N) is 1. The van der Waals surface area contributed by atoms with Gasteiger partial charge in [-0.15, -0.1) is 0 Å². The van der Waals surface area contributed by atoms with Gasteiger partial charge in [0.05, 0.1) is 18.1 Å². The molecule has 0 aromatic heterocycles. The van der Waals surface area contributed by atoms with E-state index in [0.717, 1.165) is 6.42 Å². The van der Waals surface area contributed by atoms with Crippen LogP contribution < -0.4 is 10.1 Å². The molecular formula is C21H26N2O5S. The predicted molar refractivity (Wildman–Crippen MR) is 111 cm³/mol. The van der Waals surface area contributed by atoms with Gasteiger partial charge in [0.2, 0.25) is 10.0 Å². The molecule has 1 heterocycles. The summed E-state index contributed by atoms with van der Waals surface area (Å²) in [6.07, 6.45) is 0.934. The van der Waals surface area contributed by atoms with Crippen molar-refractivity contribution in [2.24, 2.45) is 0 Å². The average Bonchev–Trinajstić information content (AvgIpc) is 2.74. The highest BCUT2D eigenvalue weighted by atomic mass is 32.2. The van der Waals surface area contributed by atoms with Crippen LogP contribution in [0.25, 0.3) is 0 Å². The van der Waals surface area contributed by atoms with Gasteiger partial charge in [-0.3, -0.25) is 4.79 Å². The summed E-state index contributed by atoms with van der Waals surface area (Å²) in [4.78, 5) is 12.4. The number of carbonyl (C=O) groups excluding carboxylic acids is 1. The first-order chi connectivity index (χ1) is 13.9. The molecule has 8 heteroatoms. The quantitative estimate of drug-likeness (QED) is 0.747. The number of aryl methyl sites for hydroxylation is 2. The van der Waals surface area contributed by atoms with E-state index in [1.807, 2.05) is 24.3 Å². The number of ether oxygens (including phenoxy) is 2. The van der Waals surface area contributed by atoms with Crippen molar-refractivity contribution in [1.29, 1.82) is 0 Å². The molecule has 0 aliphatic carbocycles. The maximum Gasteiger partial charge on any atom is 0.262 e. The van der Waals surface area contributed by atoms with Crippen molar-refractivity contribution in [3.8, 4) is 5.75 Å². The lowest BCUT2D eigenvalue weighted by Crippen LogP contribution is -2.40. The molecule has 156 valence electrons. The van der Waals surface area contributed by atoms with Crippen LogP contribution in [0.2, 0.25) is 0 Å². The molecule has 1 aliphatic rings. The van der Waals surface area contributed by atoms with Gasteiger partial charge in [-0.05, 0) is 48.7 Å². The van der Waals surface area contributed by atoms with Gasteiger partial charge in [-0.25, -0.2) is 8.42 Å². The van der Waals surface area contributed by atoms with Crippen LogP contribution in [0.5, 0.6) is 5.75 Å². The van der Waals surface area contributed by atoms with Crippen LogP contribution in [0.1, 0.15) is 18.1 Å². The molecule has 0 saturated carbocycles. The van der Waals surface area contributed by atoms with Crippen LogP contribution in [0.3, 0.4) is 0 Å². The standard InChI is InChI=1S/C21H26N2O5S/c1-3-17-5-8-19(9-6-17)28-15-21(24)22-18-7-4-16(2)20(14-18)29(25,26)23-10-12-27-13-11-23/h4-9,14H,3,10-13,15H2,1-2H3,(H,22,24). The molecule has 0 unspecified atom stereocenters. The fourth-order valence-electron chi connectivity index (χ4n) is 3.05. The summed E-state index contributed by atoms with van der Waals surface area (Å²) in [5.41, 5.74) is 2.23. The van der Waals surface area contributed by atoms with E-state index in [1.54, 1.807) is 19.1 Å². The number of sulfonamides is 1. The highest BCUT2D eigenvalue weighted by Gasteiger charge is 2.28. The molecule has 29 heavy (non-hydrogen) atoms. The molecule has 2 aromatic carbocycles. The van der Waals surface area contributed by atoms with E-state index in [2.05, 4.69) is 12.2 Å². The van der Waals surface area contributed by atoms with Crippen LogP contribution in [0.4, 0.5) is 5.69 Å². The maximum atomic E-state index is 12.9. The van der Waals surface area contributed by atoms with Gasteiger partial charge in [0.15, 0.2) is 6.61 Å². The Morgan fingerprint density at radius 3 is 2.48 bits per heavy atom. The second-order valence-electron chi connectivity index (χ2n) is 6.83. The zero-order chi connectivity index (χ0) is 20.9. The van der Waals surface area contributed by atoms with Crippen LogP contribution in [-0.4, -0.2) is 51.5 Å². The number of morpholine rings is 1. The van der Waals surface area contributed by atoms with E-state index in [4.69, 9.17) is 9.47 Å². The molecule has 0 bridgehead atoms. The average molecular weight is 419 g/mol. The Hall–Kier alpha value is -2.42. The van der Waals surface area contributed by atoms with Gasteiger partial charge >= 0.3 is 0 Å². The molecule has 3 rings (SSSR count). The number of hydrogen-bond donors (Lipinski definition) is 1. The zero-order valence-electron chi connectivity index (χ0n) is 16.7. The smallest absolute Gasteiger partial charge is 0.262 e. The molecule has 7 nitrogen and oxygen atoms in total. The van der Waals surface area contributed by atoms with Gasteiger partial charge in [0.25, 0.3) is 5.91 Å². The Labute approximate surface area is 171 Å². The molecular weight excluding hydrogens is 392 g/mol. The minimum atomic E-state index is -3.64. The fraction of sp³-hybridized carbons (Fsp3) is 0.381. The number of anilines is 1. The lowest BCUT2D eigenvalue weighted by atomic mass is 10.2. The van der Waals surface area contributed by atoms with E-state index < -0.39 is 10.0 Å². The van der Waals surface area contributed by atoms with Gasteiger partial charge in [0, 0.05) is 18.8 Å². The van der Waals surface area contributed by atoms with E-state index in [-0.39, 0.29) is 17.4 Å². The van der Waals surface area contributed by atoms with Crippen molar-refractivity contribution >= 4 is 21.6 Å². The molecule has 0 atom stereocenters. The van der Waals surface area contributed by atoms with Gasteiger partial charge < -0.3 is 14.8 Å². The number of nitrogens with one attached hydrogen (secondary N) is 1. The Kier molecular flexibility index (Phi) is 6.89. The van der Waals surface area contributed by atoms with Crippen molar-refractivity contribution in [2.75, 3.05) is 38.2 Å². The largest absolute Gasteiger partial charge is 0.484 e. The minimum absolute atomic E-state index is 0.162. The monoisotopic (exact) mass is 418 g/mol. The zero-order valence-corrected chi connectivity index (χ0v) is 17.5. The van der Waals surface area contributed by atoms with Crippen LogP contribution in [-0.2, 0) is 26.0 Å². The molecule has 2 aromatic rings.